The van der Waals surface area contributed by atoms with Crippen LogP contribution < -0.4 is 10.2 Å². The van der Waals surface area contributed by atoms with E-state index < -0.39 is 24.0 Å². The van der Waals surface area contributed by atoms with Crippen LogP contribution in [0.25, 0.3) is 0 Å². The predicted octanol–water partition coefficient (Wildman–Crippen LogP) is 4.27. The Morgan fingerprint density at radius 1 is 1.12 bits per heavy atom. The second-order valence-corrected chi connectivity index (χ2v) is 6.51. The number of hydrogen-bond acceptors (Lipinski definition) is 5. The summed E-state index contributed by atoms with van der Waals surface area (Å²) in [5.41, 5.74) is 1.16. The summed E-state index contributed by atoms with van der Waals surface area (Å²) in [6, 6.07) is 13.2. The highest BCUT2D eigenvalue weighted by molar-refractivity contribution is 6.34. The number of anilines is 2. The van der Waals surface area contributed by atoms with Crippen LogP contribution in [0.15, 0.2) is 42.5 Å². The van der Waals surface area contributed by atoms with Gasteiger partial charge < -0.3 is 20.4 Å². The summed E-state index contributed by atoms with van der Waals surface area (Å²) in [5.74, 6) is -4.30. The maximum atomic E-state index is 12.3. The van der Waals surface area contributed by atoms with Crippen LogP contribution in [0.2, 0.25) is 5.02 Å². The van der Waals surface area contributed by atoms with Gasteiger partial charge in [0.15, 0.2) is 0 Å². The maximum absolute atomic E-state index is 12.3. The molecule has 1 amide bonds. The molecule has 0 heterocycles. The first-order valence-electron chi connectivity index (χ1n) is 8.70. The van der Waals surface area contributed by atoms with Crippen molar-refractivity contribution in [2.75, 3.05) is 23.8 Å². The van der Waals surface area contributed by atoms with E-state index in [4.69, 9.17) is 26.8 Å². The van der Waals surface area contributed by atoms with Gasteiger partial charge in [0.2, 0.25) is 0 Å². The molecule has 0 fully saturated rings. The molecule has 8 nitrogen and oxygen atoms in total. The van der Waals surface area contributed by atoms with E-state index in [-0.39, 0.29) is 12.0 Å². The number of carbonyl (C=O) groups excluding carboxylic acids is 1. The summed E-state index contributed by atoms with van der Waals surface area (Å²) in [6.45, 7) is 0.405. The molecule has 2 aromatic carbocycles. The van der Waals surface area contributed by atoms with Gasteiger partial charge in [0, 0.05) is 19.3 Å². The lowest BCUT2D eigenvalue weighted by atomic mass is 10.1. The van der Waals surface area contributed by atoms with Crippen LogP contribution in [-0.2, 0) is 4.79 Å². The van der Waals surface area contributed by atoms with Crippen molar-refractivity contribution < 1.29 is 37.8 Å². The Labute approximate surface area is 185 Å². The first kappa shape index (κ1) is 26.3. The molecule has 0 aliphatic heterocycles. The van der Waals surface area contributed by atoms with Gasteiger partial charge in [-0.05, 0) is 30.3 Å². The summed E-state index contributed by atoms with van der Waals surface area (Å²) in [4.78, 5) is 34.4. The Morgan fingerprint density at radius 2 is 1.72 bits per heavy atom. The SMILES string of the molecule is CN(CCC#N)c1ccc(NC(=O)c2ccccc2Cl)cc1C(=O)O.O=C(O)C(F)(F)F. The molecule has 0 saturated heterocycles. The number of nitrogens with one attached hydrogen (secondary N) is 1. The molecule has 0 radical (unpaired) electrons. The zero-order chi connectivity index (χ0) is 24.5. The van der Waals surface area contributed by atoms with E-state index in [2.05, 4.69) is 5.32 Å². The lowest BCUT2D eigenvalue weighted by Gasteiger charge is -2.20. The summed E-state index contributed by atoms with van der Waals surface area (Å²) >= 11 is 5.99. The number of aromatic carboxylic acids is 1. The summed E-state index contributed by atoms with van der Waals surface area (Å²) < 4.78 is 31.7. The molecule has 0 aliphatic carbocycles. The normalized spacial score (nSPS) is 10.2. The molecule has 32 heavy (non-hydrogen) atoms. The van der Waals surface area contributed by atoms with E-state index in [0.717, 1.165) is 0 Å². The van der Waals surface area contributed by atoms with Gasteiger partial charge in [0.25, 0.3) is 5.91 Å². The number of nitriles is 1. The minimum Gasteiger partial charge on any atom is -0.478 e. The monoisotopic (exact) mass is 471 g/mol. The smallest absolute Gasteiger partial charge is 0.478 e. The Hall–Kier alpha value is -3.78. The van der Waals surface area contributed by atoms with Gasteiger partial charge >= 0.3 is 18.1 Å². The van der Waals surface area contributed by atoms with Crippen molar-refractivity contribution >= 4 is 40.8 Å². The molecule has 0 aromatic heterocycles. The fraction of sp³-hybridized carbons (Fsp3) is 0.200. The number of rotatable bonds is 6. The van der Waals surface area contributed by atoms with Crippen LogP contribution in [0.5, 0.6) is 0 Å². The molecular weight excluding hydrogens is 455 g/mol. The van der Waals surface area contributed by atoms with Crippen LogP contribution in [0.1, 0.15) is 27.1 Å². The highest BCUT2D eigenvalue weighted by Gasteiger charge is 2.38. The predicted molar refractivity (Wildman–Crippen MR) is 110 cm³/mol. The topological polar surface area (TPSA) is 131 Å². The number of hydrogen-bond donors (Lipinski definition) is 3. The zero-order valence-corrected chi connectivity index (χ0v) is 17.2. The van der Waals surface area contributed by atoms with Gasteiger partial charge in [-0.2, -0.15) is 18.4 Å². The lowest BCUT2D eigenvalue weighted by Crippen LogP contribution is -2.21. The fourth-order valence-corrected chi connectivity index (χ4v) is 2.52. The number of alkyl halides is 3. The number of carboxylic acid groups (broad SMARTS) is 2. The average Bonchev–Trinajstić information content (AvgIpc) is 2.71. The Balaban J connectivity index is 0.000000633. The van der Waals surface area contributed by atoms with Crippen molar-refractivity contribution in [1.29, 1.82) is 5.26 Å². The molecule has 2 rings (SSSR count). The van der Waals surface area contributed by atoms with Crippen molar-refractivity contribution in [2.45, 2.75) is 12.6 Å². The van der Waals surface area contributed by atoms with E-state index in [1.54, 1.807) is 48.3 Å². The molecule has 0 atom stereocenters. The molecule has 0 unspecified atom stereocenters. The van der Waals surface area contributed by atoms with E-state index in [1.807, 2.05) is 6.07 Å². The van der Waals surface area contributed by atoms with Crippen molar-refractivity contribution in [1.82, 2.24) is 0 Å². The third-order valence-corrected chi connectivity index (χ3v) is 4.15. The third-order valence-electron chi connectivity index (χ3n) is 3.82. The summed E-state index contributed by atoms with van der Waals surface area (Å²) in [5, 5.41) is 28.2. The molecule has 12 heteroatoms. The van der Waals surface area contributed by atoms with Crippen LogP contribution in [0, 0.1) is 11.3 Å². The number of benzene rings is 2. The largest absolute Gasteiger partial charge is 0.490 e. The number of carboxylic acids is 2. The number of aliphatic carboxylic acids is 1. The molecule has 0 spiro atoms. The Bertz CT molecular complexity index is 1040. The fourth-order valence-electron chi connectivity index (χ4n) is 2.30. The standard InChI is InChI=1S/C18H16ClN3O3.C2HF3O2/c1-22(10-4-9-20)16-8-7-12(11-14(16)18(24)25)21-17(23)13-5-2-3-6-15(13)19;3-2(4,5)1(6)7/h2-3,5-8,11H,4,10H2,1H3,(H,21,23)(H,24,25);(H,6,7). The molecular formula is C20H17ClF3N3O5. The Morgan fingerprint density at radius 3 is 2.22 bits per heavy atom. The van der Waals surface area contributed by atoms with E-state index in [1.165, 1.54) is 6.07 Å². The van der Waals surface area contributed by atoms with Gasteiger partial charge in [-0.25, -0.2) is 9.59 Å². The quantitative estimate of drug-likeness (QED) is 0.573. The number of carbonyl (C=O) groups is 3. The van der Waals surface area contributed by atoms with Gasteiger partial charge in [0.1, 0.15) is 0 Å². The van der Waals surface area contributed by atoms with Gasteiger partial charge in [-0.15, -0.1) is 0 Å². The summed E-state index contributed by atoms with van der Waals surface area (Å²) in [7, 11) is 1.71. The van der Waals surface area contributed by atoms with E-state index >= 15 is 0 Å². The second kappa shape index (κ2) is 11.6. The van der Waals surface area contributed by atoms with Crippen LogP contribution >= 0.6 is 11.6 Å². The van der Waals surface area contributed by atoms with Crippen LogP contribution in [0.4, 0.5) is 24.5 Å². The highest BCUT2D eigenvalue weighted by Crippen LogP contribution is 2.25. The third kappa shape index (κ3) is 7.81. The maximum Gasteiger partial charge on any atom is 0.490 e. The highest BCUT2D eigenvalue weighted by atomic mass is 35.5. The first-order chi connectivity index (χ1) is 14.9. The minimum absolute atomic E-state index is 0.0393. The average molecular weight is 472 g/mol. The van der Waals surface area contributed by atoms with Crippen molar-refractivity contribution in [3.05, 3.63) is 58.6 Å². The van der Waals surface area contributed by atoms with Gasteiger partial charge in [-0.3, -0.25) is 4.79 Å². The van der Waals surface area contributed by atoms with Gasteiger partial charge in [-0.1, -0.05) is 23.7 Å². The number of halogens is 4. The molecule has 3 N–H and O–H groups in total. The Kier molecular flexibility index (Phi) is 9.49. The molecule has 170 valence electrons. The number of nitrogens with zero attached hydrogens (tertiary/aromatic N) is 2. The molecule has 2 aromatic rings. The number of amides is 1. The van der Waals surface area contributed by atoms with E-state index in [9.17, 15) is 27.9 Å². The molecule has 0 bridgehead atoms. The van der Waals surface area contributed by atoms with E-state index in [0.29, 0.717) is 28.5 Å². The minimum atomic E-state index is -5.08. The summed E-state index contributed by atoms with van der Waals surface area (Å²) in [6.07, 6.45) is -4.81. The lowest BCUT2D eigenvalue weighted by molar-refractivity contribution is -0.192. The van der Waals surface area contributed by atoms with Crippen molar-refractivity contribution in [2.24, 2.45) is 0 Å². The van der Waals surface area contributed by atoms with Crippen molar-refractivity contribution in [3.63, 3.8) is 0 Å². The molecule has 0 aliphatic rings. The second-order valence-electron chi connectivity index (χ2n) is 6.10. The zero-order valence-electron chi connectivity index (χ0n) is 16.5. The molecule has 0 saturated carbocycles. The van der Waals surface area contributed by atoms with Crippen molar-refractivity contribution in [3.8, 4) is 6.07 Å². The first-order valence-corrected chi connectivity index (χ1v) is 9.07. The van der Waals surface area contributed by atoms with Crippen LogP contribution in [0.3, 0.4) is 0 Å². The van der Waals surface area contributed by atoms with Gasteiger partial charge in [0.05, 0.1) is 34.3 Å². The van der Waals surface area contributed by atoms with Crippen LogP contribution in [-0.4, -0.2) is 47.8 Å².